The average molecular weight is 329 g/mol. The summed E-state index contributed by atoms with van der Waals surface area (Å²) in [7, 11) is -3.63. The van der Waals surface area contributed by atoms with Gasteiger partial charge >= 0.3 is 0 Å². The molecule has 21 heavy (non-hydrogen) atoms. The van der Waals surface area contributed by atoms with Crippen molar-refractivity contribution in [2.75, 3.05) is 0 Å². The van der Waals surface area contributed by atoms with E-state index in [-0.39, 0.29) is 17.6 Å². The molecule has 0 saturated carbocycles. The summed E-state index contributed by atoms with van der Waals surface area (Å²) >= 11 is 1.47. The molecule has 2 heterocycles. The number of rotatable bonds is 7. The number of hydrogen-bond donors (Lipinski definition) is 3. The van der Waals surface area contributed by atoms with E-state index in [1.54, 1.807) is 6.20 Å². The molecule has 2 aromatic heterocycles. The van der Waals surface area contributed by atoms with Gasteiger partial charge in [0, 0.05) is 29.2 Å². The second-order valence-electron chi connectivity index (χ2n) is 4.95. The van der Waals surface area contributed by atoms with E-state index in [0.29, 0.717) is 12.1 Å². The van der Waals surface area contributed by atoms with Gasteiger partial charge in [0.05, 0.1) is 12.7 Å². The SMILES string of the molecule is Cc1cnc(CNS(=O)(=O)c2[nH]ncc2CNC(C)C)s1. The van der Waals surface area contributed by atoms with Gasteiger partial charge in [0.25, 0.3) is 10.0 Å². The minimum Gasteiger partial charge on any atom is -0.310 e. The molecule has 0 fully saturated rings. The normalized spacial score (nSPS) is 12.2. The lowest BCUT2D eigenvalue weighted by molar-refractivity contribution is 0.564. The number of nitrogens with one attached hydrogen (secondary N) is 3. The molecule has 0 amide bonds. The van der Waals surface area contributed by atoms with Crippen LogP contribution in [-0.4, -0.2) is 29.6 Å². The number of aromatic nitrogens is 3. The zero-order valence-corrected chi connectivity index (χ0v) is 13.8. The molecule has 7 nitrogen and oxygen atoms in total. The summed E-state index contributed by atoms with van der Waals surface area (Å²) in [6, 6.07) is 0.265. The number of thiazole rings is 1. The van der Waals surface area contributed by atoms with E-state index in [1.807, 2.05) is 20.8 Å². The third-order valence-corrected chi connectivity index (χ3v) is 5.06. The van der Waals surface area contributed by atoms with Gasteiger partial charge in [-0.05, 0) is 6.92 Å². The van der Waals surface area contributed by atoms with Gasteiger partial charge in [0.15, 0.2) is 5.03 Å². The van der Waals surface area contributed by atoms with E-state index in [9.17, 15) is 8.42 Å². The highest BCUT2D eigenvalue weighted by atomic mass is 32.2. The first-order valence-corrected chi connectivity index (χ1v) is 8.85. The van der Waals surface area contributed by atoms with Crippen molar-refractivity contribution in [3.05, 3.63) is 27.8 Å². The molecule has 116 valence electrons. The van der Waals surface area contributed by atoms with Crippen LogP contribution in [0.2, 0.25) is 0 Å². The molecule has 2 aromatic rings. The Morgan fingerprint density at radius 2 is 2.10 bits per heavy atom. The summed E-state index contributed by atoms with van der Waals surface area (Å²) in [6.45, 7) is 6.55. The molecule has 2 rings (SSSR count). The van der Waals surface area contributed by atoms with Crippen LogP contribution < -0.4 is 10.0 Å². The van der Waals surface area contributed by atoms with Crippen molar-refractivity contribution in [1.82, 2.24) is 25.2 Å². The molecule has 0 radical (unpaired) electrons. The molecular formula is C12H19N5O2S2. The summed E-state index contributed by atoms with van der Waals surface area (Å²) in [6.07, 6.45) is 3.25. The molecule has 9 heteroatoms. The lowest BCUT2D eigenvalue weighted by Gasteiger charge is -2.09. The number of H-pyrrole nitrogens is 1. The fraction of sp³-hybridized carbons (Fsp3) is 0.500. The lowest BCUT2D eigenvalue weighted by Crippen LogP contribution is -2.27. The van der Waals surface area contributed by atoms with Crippen LogP contribution in [0.1, 0.15) is 29.3 Å². The van der Waals surface area contributed by atoms with Crippen LogP contribution in [0.15, 0.2) is 17.4 Å². The molecule has 0 aliphatic heterocycles. The fourth-order valence-corrected chi connectivity index (χ4v) is 3.62. The van der Waals surface area contributed by atoms with Crippen molar-refractivity contribution >= 4 is 21.4 Å². The van der Waals surface area contributed by atoms with Gasteiger partial charge in [0.2, 0.25) is 0 Å². The highest BCUT2D eigenvalue weighted by molar-refractivity contribution is 7.89. The zero-order valence-electron chi connectivity index (χ0n) is 12.2. The Balaban J connectivity index is 2.07. The first-order valence-electron chi connectivity index (χ1n) is 6.55. The van der Waals surface area contributed by atoms with Crippen LogP contribution in [0.4, 0.5) is 0 Å². The second-order valence-corrected chi connectivity index (χ2v) is 7.97. The summed E-state index contributed by atoms with van der Waals surface area (Å²) in [5.74, 6) is 0. The summed E-state index contributed by atoms with van der Waals surface area (Å²) < 4.78 is 27.2. The summed E-state index contributed by atoms with van der Waals surface area (Å²) in [5.41, 5.74) is 0.617. The third-order valence-electron chi connectivity index (χ3n) is 2.73. The van der Waals surface area contributed by atoms with Gasteiger partial charge < -0.3 is 5.32 Å². The minimum absolute atomic E-state index is 0.101. The molecule has 0 saturated heterocycles. The number of sulfonamides is 1. The predicted octanol–water partition coefficient (Wildman–Crippen LogP) is 1.15. The first kappa shape index (κ1) is 16.1. The van der Waals surface area contributed by atoms with Gasteiger partial charge in [-0.1, -0.05) is 13.8 Å². The van der Waals surface area contributed by atoms with Crippen LogP contribution in [0.25, 0.3) is 0 Å². The predicted molar refractivity (Wildman–Crippen MR) is 81.4 cm³/mol. The van der Waals surface area contributed by atoms with Crippen molar-refractivity contribution < 1.29 is 8.42 Å². The fourth-order valence-electron chi connectivity index (χ4n) is 1.68. The molecule has 0 spiro atoms. The Bertz CT molecular complexity index is 690. The molecule has 0 atom stereocenters. The smallest absolute Gasteiger partial charge is 0.258 e. The molecular weight excluding hydrogens is 310 g/mol. The van der Waals surface area contributed by atoms with Crippen molar-refractivity contribution in [3.63, 3.8) is 0 Å². The van der Waals surface area contributed by atoms with Crippen molar-refractivity contribution in [2.45, 2.75) is 44.9 Å². The molecule has 0 aliphatic carbocycles. The van der Waals surface area contributed by atoms with Gasteiger partial charge in [-0.2, -0.15) is 5.10 Å². The Kier molecular flexibility index (Phi) is 5.09. The van der Waals surface area contributed by atoms with E-state index in [1.165, 1.54) is 17.5 Å². The van der Waals surface area contributed by atoms with E-state index < -0.39 is 10.0 Å². The minimum atomic E-state index is -3.63. The van der Waals surface area contributed by atoms with Crippen LogP contribution in [0, 0.1) is 6.92 Å². The third kappa shape index (κ3) is 4.34. The number of aromatic amines is 1. The van der Waals surface area contributed by atoms with Crippen LogP contribution in [0.3, 0.4) is 0 Å². The maximum atomic E-state index is 12.3. The first-order chi connectivity index (χ1) is 9.88. The van der Waals surface area contributed by atoms with Crippen molar-refractivity contribution in [3.8, 4) is 0 Å². The van der Waals surface area contributed by atoms with Gasteiger partial charge in [0.1, 0.15) is 5.01 Å². The average Bonchev–Trinajstić information content (AvgIpc) is 3.03. The largest absolute Gasteiger partial charge is 0.310 e. The maximum absolute atomic E-state index is 12.3. The number of hydrogen-bond acceptors (Lipinski definition) is 6. The molecule has 0 aliphatic rings. The summed E-state index contributed by atoms with van der Waals surface area (Å²) in [4.78, 5) is 5.18. The quantitative estimate of drug-likeness (QED) is 0.707. The second kappa shape index (κ2) is 6.65. The van der Waals surface area contributed by atoms with Crippen LogP contribution in [0.5, 0.6) is 0 Å². The van der Waals surface area contributed by atoms with Gasteiger partial charge in [-0.25, -0.2) is 18.1 Å². The van der Waals surface area contributed by atoms with Crippen molar-refractivity contribution in [2.24, 2.45) is 0 Å². The monoisotopic (exact) mass is 329 g/mol. The molecule has 0 unspecified atom stereocenters. The topological polar surface area (TPSA) is 99.8 Å². The van der Waals surface area contributed by atoms with Crippen LogP contribution >= 0.6 is 11.3 Å². The van der Waals surface area contributed by atoms with E-state index in [2.05, 4.69) is 25.2 Å². The highest BCUT2D eigenvalue weighted by Crippen LogP contribution is 2.14. The van der Waals surface area contributed by atoms with E-state index in [0.717, 1.165) is 9.88 Å². The molecule has 0 bridgehead atoms. The summed E-state index contributed by atoms with van der Waals surface area (Å²) in [5, 5.41) is 10.4. The van der Waals surface area contributed by atoms with Crippen LogP contribution in [-0.2, 0) is 23.1 Å². The molecule has 3 N–H and O–H groups in total. The highest BCUT2D eigenvalue weighted by Gasteiger charge is 2.21. The number of aryl methyl sites for hydroxylation is 1. The Hall–Kier alpha value is -1.29. The Morgan fingerprint density at radius 1 is 1.33 bits per heavy atom. The molecule has 0 aromatic carbocycles. The number of nitrogens with zero attached hydrogens (tertiary/aromatic N) is 2. The Labute approximate surface area is 128 Å². The maximum Gasteiger partial charge on any atom is 0.258 e. The standard InChI is InChI=1S/C12H19N5O2S2/c1-8(2)13-5-10-6-15-17-12(10)21(18,19)16-7-11-14-4-9(3)20-11/h4,6,8,13,16H,5,7H2,1-3H3,(H,15,17). The van der Waals surface area contributed by atoms with Gasteiger partial charge in [-0.15, -0.1) is 11.3 Å². The van der Waals surface area contributed by atoms with Crippen molar-refractivity contribution in [1.29, 1.82) is 0 Å². The zero-order chi connectivity index (χ0) is 15.5. The Morgan fingerprint density at radius 3 is 2.71 bits per heavy atom. The van der Waals surface area contributed by atoms with E-state index >= 15 is 0 Å². The van der Waals surface area contributed by atoms with E-state index in [4.69, 9.17) is 0 Å². The van der Waals surface area contributed by atoms with Gasteiger partial charge in [-0.3, -0.25) is 5.10 Å². The lowest BCUT2D eigenvalue weighted by atomic mass is 10.3.